The molecule has 0 spiro atoms. The number of benzene rings is 2. The molecule has 3 N–H and O–H groups in total. The van der Waals surface area contributed by atoms with Crippen molar-refractivity contribution in [2.75, 3.05) is 13.2 Å². The van der Waals surface area contributed by atoms with Crippen LogP contribution in [0.15, 0.2) is 36.4 Å². The van der Waals surface area contributed by atoms with Gasteiger partial charge in [-0.15, -0.1) is 0 Å². The van der Waals surface area contributed by atoms with Gasteiger partial charge in [-0.2, -0.15) is 0 Å². The lowest BCUT2D eigenvalue weighted by Gasteiger charge is -2.16. The third-order valence-electron chi connectivity index (χ3n) is 4.31. The average Bonchev–Trinajstić information content (AvgIpc) is 2.96. The maximum atomic E-state index is 9.89. The predicted molar refractivity (Wildman–Crippen MR) is 98.6 cm³/mol. The minimum absolute atomic E-state index is 0.249. The van der Waals surface area contributed by atoms with Gasteiger partial charge in [-0.3, -0.25) is 10.3 Å². The zero-order valence-electron chi connectivity index (χ0n) is 14.6. The molecule has 0 aliphatic heterocycles. The molecule has 1 unspecified atom stereocenters. The van der Waals surface area contributed by atoms with Gasteiger partial charge in [0.2, 0.25) is 0 Å². The first kappa shape index (κ1) is 17.0. The van der Waals surface area contributed by atoms with Crippen LogP contribution in [0.1, 0.15) is 30.5 Å². The Bertz CT molecular complexity index is 753. The standard InChI is InChI=1S/C20H26N2O2/c1-13(2)21-11-16(23)12-24-22-20-9-8-18-17-6-4-14(3)10-15(17)5-7-19(18)20/h4-7,9-10,13,16,21-23H,8,11-12H2,1-3H3. The molecule has 1 aliphatic carbocycles. The van der Waals surface area contributed by atoms with Crippen LogP contribution in [-0.4, -0.2) is 30.4 Å². The van der Waals surface area contributed by atoms with E-state index >= 15 is 0 Å². The molecular formula is C20H26N2O2. The van der Waals surface area contributed by atoms with Crippen LogP contribution in [0, 0.1) is 6.92 Å². The maximum Gasteiger partial charge on any atom is 0.102 e. The van der Waals surface area contributed by atoms with E-state index in [4.69, 9.17) is 4.84 Å². The molecule has 0 saturated carbocycles. The summed E-state index contributed by atoms with van der Waals surface area (Å²) in [5.74, 6) is 0. The molecule has 0 aromatic heterocycles. The summed E-state index contributed by atoms with van der Waals surface area (Å²) in [5, 5.41) is 15.7. The number of hydrogen-bond acceptors (Lipinski definition) is 4. The molecule has 4 nitrogen and oxygen atoms in total. The summed E-state index contributed by atoms with van der Waals surface area (Å²) >= 11 is 0. The zero-order valence-corrected chi connectivity index (χ0v) is 14.6. The van der Waals surface area contributed by atoms with E-state index < -0.39 is 6.10 Å². The third-order valence-corrected chi connectivity index (χ3v) is 4.31. The summed E-state index contributed by atoms with van der Waals surface area (Å²) in [7, 11) is 0. The number of nitrogens with one attached hydrogen (secondary N) is 2. The van der Waals surface area contributed by atoms with Crippen molar-refractivity contribution in [3.8, 4) is 0 Å². The van der Waals surface area contributed by atoms with Crippen LogP contribution in [-0.2, 0) is 11.3 Å². The highest BCUT2D eigenvalue weighted by Crippen LogP contribution is 2.32. The van der Waals surface area contributed by atoms with Crippen molar-refractivity contribution in [1.29, 1.82) is 0 Å². The first-order valence-electron chi connectivity index (χ1n) is 8.56. The molecule has 0 amide bonds. The van der Waals surface area contributed by atoms with Crippen LogP contribution in [0.5, 0.6) is 0 Å². The molecule has 1 atom stereocenters. The fraction of sp³-hybridized carbons (Fsp3) is 0.400. The van der Waals surface area contributed by atoms with Gasteiger partial charge in [-0.05, 0) is 29.7 Å². The number of aliphatic hydroxyl groups is 1. The Kier molecular flexibility index (Phi) is 5.19. The van der Waals surface area contributed by atoms with Crippen molar-refractivity contribution in [3.63, 3.8) is 0 Å². The van der Waals surface area contributed by atoms with E-state index in [2.05, 4.69) is 68.0 Å². The zero-order chi connectivity index (χ0) is 17.1. The van der Waals surface area contributed by atoms with Crippen LogP contribution in [0.2, 0.25) is 0 Å². The molecule has 0 radical (unpaired) electrons. The average molecular weight is 326 g/mol. The summed E-state index contributed by atoms with van der Waals surface area (Å²) in [6.07, 6.45) is 2.52. The third kappa shape index (κ3) is 3.78. The van der Waals surface area contributed by atoms with E-state index in [1.165, 1.54) is 27.5 Å². The molecular weight excluding hydrogens is 300 g/mol. The highest BCUT2D eigenvalue weighted by Gasteiger charge is 2.17. The fourth-order valence-corrected chi connectivity index (χ4v) is 3.04. The molecule has 24 heavy (non-hydrogen) atoms. The Morgan fingerprint density at radius 2 is 2.04 bits per heavy atom. The summed E-state index contributed by atoms with van der Waals surface area (Å²) in [4.78, 5) is 5.49. The van der Waals surface area contributed by atoms with Gasteiger partial charge < -0.3 is 10.4 Å². The van der Waals surface area contributed by atoms with Crippen LogP contribution in [0.3, 0.4) is 0 Å². The van der Waals surface area contributed by atoms with Gasteiger partial charge >= 0.3 is 0 Å². The molecule has 2 aromatic carbocycles. The minimum Gasteiger partial charge on any atom is -0.389 e. The van der Waals surface area contributed by atoms with Crippen molar-refractivity contribution in [3.05, 3.63) is 53.1 Å². The summed E-state index contributed by atoms with van der Waals surface area (Å²) < 4.78 is 0. The first-order chi connectivity index (χ1) is 11.5. The molecule has 0 heterocycles. The Labute approximate surface area is 143 Å². The molecule has 0 saturated heterocycles. The second-order valence-corrected chi connectivity index (χ2v) is 6.77. The van der Waals surface area contributed by atoms with E-state index in [0.717, 1.165) is 12.1 Å². The smallest absolute Gasteiger partial charge is 0.102 e. The van der Waals surface area contributed by atoms with Crippen LogP contribution < -0.4 is 10.8 Å². The molecule has 0 fully saturated rings. The summed E-state index contributed by atoms with van der Waals surface area (Å²) in [6, 6.07) is 11.2. The topological polar surface area (TPSA) is 53.5 Å². The highest BCUT2D eigenvalue weighted by atomic mass is 16.6. The molecule has 2 aromatic rings. The van der Waals surface area contributed by atoms with Gasteiger partial charge in [0.15, 0.2) is 0 Å². The second-order valence-electron chi connectivity index (χ2n) is 6.77. The van der Waals surface area contributed by atoms with Crippen molar-refractivity contribution < 1.29 is 9.94 Å². The quantitative estimate of drug-likeness (QED) is 0.685. The lowest BCUT2D eigenvalue weighted by molar-refractivity contribution is 0.00365. The minimum atomic E-state index is -0.527. The SMILES string of the molecule is Cc1ccc2c3c(ccc2c1)C(NOCC(O)CNC(C)C)=CC3. The Hall–Kier alpha value is -1.88. The van der Waals surface area contributed by atoms with Crippen LogP contribution in [0.4, 0.5) is 0 Å². The lowest BCUT2D eigenvalue weighted by atomic mass is 9.98. The monoisotopic (exact) mass is 326 g/mol. The normalized spacial score (nSPS) is 14.8. The molecule has 4 heteroatoms. The van der Waals surface area contributed by atoms with Crippen LogP contribution >= 0.6 is 0 Å². The molecule has 1 aliphatic rings. The molecule has 0 bridgehead atoms. The summed E-state index contributed by atoms with van der Waals surface area (Å²) in [6.45, 7) is 7.00. The number of allylic oxidation sites excluding steroid dienone is 1. The van der Waals surface area contributed by atoms with Crippen molar-refractivity contribution in [1.82, 2.24) is 10.8 Å². The number of aliphatic hydroxyl groups excluding tert-OH is 1. The number of hydrogen-bond donors (Lipinski definition) is 3. The number of hydroxylamine groups is 1. The summed E-state index contributed by atoms with van der Waals surface area (Å²) in [5.41, 5.74) is 7.78. The number of aryl methyl sites for hydroxylation is 1. The van der Waals surface area contributed by atoms with Gasteiger partial charge in [0.1, 0.15) is 6.61 Å². The van der Waals surface area contributed by atoms with Gasteiger partial charge in [-0.1, -0.05) is 55.8 Å². The van der Waals surface area contributed by atoms with E-state index in [0.29, 0.717) is 12.6 Å². The fourth-order valence-electron chi connectivity index (χ4n) is 3.04. The Morgan fingerprint density at radius 3 is 2.83 bits per heavy atom. The van der Waals surface area contributed by atoms with E-state index in [9.17, 15) is 5.11 Å². The van der Waals surface area contributed by atoms with Gasteiger partial charge in [0.05, 0.1) is 11.8 Å². The maximum absolute atomic E-state index is 9.89. The largest absolute Gasteiger partial charge is 0.389 e. The van der Waals surface area contributed by atoms with E-state index in [1.54, 1.807) is 0 Å². The van der Waals surface area contributed by atoms with E-state index in [1.807, 2.05) is 0 Å². The molecule has 3 rings (SSSR count). The van der Waals surface area contributed by atoms with Gasteiger partial charge in [0, 0.05) is 18.2 Å². The van der Waals surface area contributed by atoms with Crippen molar-refractivity contribution in [2.24, 2.45) is 0 Å². The lowest BCUT2D eigenvalue weighted by Crippen LogP contribution is -2.35. The van der Waals surface area contributed by atoms with Crippen molar-refractivity contribution in [2.45, 2.75) is 39.3 Å². The predicted octanol–water partition coefficient (Wildman–Crippen LogP) is 2.93. The van der Waals surface area contributed by atoms with E-state index in [-0.39, 0.29) is 6.61 Å². The van der Waals surface area contributed by atoms with Gasteiger partial charge in [-0.25, -0.2) is 0 Å². The Balaban J connectivity index is 1.62. The Morgan fingerprint density at radius 1 is 1.21 bits per heavy atom. The number of fused-ring (bicyclic) bond motifs is 3. The van der Waals surface area contributed by atoms with Crippen molar-refractivity contribution >= 4 is 16.5 Å². The molecule has 128 valence electrons. The highest BCUT2D eigenvalue weighted by molar-refractivity contribution is 5.92. The number of rotatable bonds is 7. The first-order valence-corrected chi connectivity index (χ1v) is 8.56. The van der Waals surface area contributed by atoms with Gasteiger partial charge in [0.25, 0.3) is 0 Å². The van der Waals surface area contributed by atoms with Crippen LogP contribution in [0.25, 0.3) is 16.5 Å². The second kappa shape index (κ2) is 7.34.